The van der Waals surface area contributed by atoms with Gasteiger partial charge < -0.3 is 10.8 Å². The van der Waals surface area contributed by atoms with E-state index in [1.165, 1.54) is 6.20 Å². The SMILES string of the molecule is NCC(O)c1cncc(Cl)c1. The van der Waals surface area contributed by atoms with Gasteiger partial charge in [-0.1, -0.05) is 11.6 Å². The van der Waals surface area contributed by atoms with Crippen LogP contribution in [0.3, 0.4) is 0 Å². The first-order valence-electron chi connectivity index (χ1n) is 3.22. The van der Waals surface area contributed by atoms with Crippen molar-refractivity contribution in [2.75, 3.05) is 6.54 Å². The Balaban J connectivity index is 2.86. The quantitative estimate of drug-likeness (QED) is 0.692. The van der Waals surface area contributed by atoms with Crippen LogP contribution < -0.4 is 5.73 Å². The van der Waals surface area contributed by atoms with Gasteiger partial charge in [0.15, 0.2) is 0 Å². The highest BCUT2D eigenvalue weighted by atomic mass is 35.5. The van der Waals surface area contributed by atoms with E-state index in [2.05, 4.69) is 4.98 Å². The molecule has 3 N–H and O–H groups in total. The standard InChI is InChI=1S/C7H9ClN2O/c8-6-1-5(3-10-4-6)7(11)2-9/h1,3-4,7,11H,2,9H2. The van der Waals surface area contributed by atoms with Gasteiger partial charge in [-0.25, -0.2) is 0 Å². The fraction of sp³-hybridized carbons (Fsp3) is 0.286. The molecular formula is C7H9ClN2O. The Labute approximate surface area is 69.8 Å². The minimum atomic E-state index is -0.666. The minimum Gasteiger partial charge on any atom is -0.387 e. The summed E-state index contributed by atoms with van der Waals surface area (Å²) in [6.07, 6.45) is 2.39. The molecule has 1 unspecified atom stereocenters. The van der Waals surface area contributed by atoms with E-state index in [0.29, 0.717) is 10.6 Å². The molecule has 1 atom stereocenters. The average Bonchev–Trinajstić information content (AvgIpc) is 2.03. The lowest BCUT2D eigenvalue weighted by Crippen LogP contribution is -2.11. The molecular weight excluding hydrogens is 164 g/mol. The van der Waals surface area contributed by atoms with E-state index in [0.717, 1.165) is 0 Å². The van der Waals surface area contributed by atoms with E-state index in [1.54, 1.807) is 12.3 Å². The second kappa shape index (κ2) is 3.67. The van der Waals surface area contributed by atoms with Crippen molar-refractivity contribution >= 4 is 11.6 Å². The molecule has 0 bridgehead atoms. The molecule has 3 nitrogen and oxygen atoms in total. The zero-order valence-electron chi connectivity index (χ0n) is 5.87. The van der Waals surface area contributed by atoms with E-state index in [9.17, 15) is 5.11 Å². The van der Waals surface area contributed by atoms with Crippen LogP contribution in [0.15, 0.2) is 18.5 Å². The number of halogens is 1. The van der Waals surface area contributed by atoms with Crippen molar-refractivity contribution in [3.05, 3.63) is 29.0 Å². The molecule has 0 saturated carbocycles. The van der Waals surface area contributed by atoms with Crippen LogP contribution in [-0.2, 0) is 0 Å². The second-order valence-corrected chi connectivity index (χ2v) is 2.62. The molecule has 0 aliphatic rings. The molecule has 1 aromatic heterocycles. The Morgan fingerprint density at radius 2 is 2.36 bits per heavy atom. The van der Waals surface area contributed by atoms with E-state index in [4.69, 9.17) is 17.3 Å². The highest BCUT2D eigenvalue weighted by molar-refractivity contribution is 6.30. The van der Waals surface area contributed by atoms with Gasteiger partial charge in [0, 0.05) is 24.5 Å². The number of aromatic nitrogens is 1. The first-order valence-corrected chi connectivity index (χ1v) is 3.60. The first-order chi connectivity index (χ1) is 5.24. The van der Waals surface area contributed by atoms with Crippen LogP contribution in [0.2, 0.25) is 5.02 Å². The zero-order valence-corrected chi connectivity index (χ0v) is 6.62. The highest BCUT2D eigenvalue weighted by Gasteiger charge is 2.04. The van der Waals surface area contributed by atoms with Gasteiger partial charge in [-0.3, -0.25) is 4.98 Å². The minimum absolute atomic E-state index is 0.183. The molecule has 0 fully saturated rings. The van der Waals surface area contributed by atoms with E-state index in [1.807, 2.05) is 0 Å². The summed E-state index contributed by atoms with van der Waals surface area (Å²) >= 11 is 5.63. The lowest BCUT2D eigenvalue weighted by molar-refractivity contribution is 0.186. The van der Waals surface area contributed by atoms with Gasteiger partial charge >= 0.3 is 0 Å². The molecule has 11 heavy (non-hydrogen) atoms. The lowest BCUT2D eigenvalue weighted by Gasteiger charge is -2.06. The largest absolute Gasteiger partial charge is 0.387 e. The number of hydrogen-bond acceptors (Lipinski definition) is 3. The van der Waals surface area contributed by atoms with Crippen molar-refractivity contribution in [2.24, 2.45) is 5.73 Å². The van der Waals surface area contributed by atoms with Crippen molar-refractivity contribution < 1.29 is 5.11 Å². The van der Waals surface area contributed by atoms with Crippen LogP contribution in [-0.4, -0.2) is 16.6 Å². The zero-order chi connectivity index (χ0) is 8.27. The number of nitrogens with zero attached hydrogens (tertiary/aromatic N) is 1. The Bertz CT molecular complexity index is 242. The fourth-order valence-electron chi connectivity index (χ4n) is 0.747. The summed E-state index contributed by atoms with van der Waals surface area (Å²) in [5.41, 5.74) is 5.89. The molecule has 1 rings (SSSR count). The van der Waals surface area contributed by atoms with Gasteiger partial charge in [-0.15, -0.1) is 0 Å². The smallest absolute Gasteiger partial charge is 0.0927 e. The average molecular weight is 173 g/mol. The number of pyridine rings is 1. The number of nitrogens with two attached hydrogens (primary N) is 1. The van der Waals surface area contributed by atoms with E-state index >= 15 is 0 Å². The maximum atomic E-state index is 9.23. The van der Waals surface area contributed by atoms with Gasteiger partial charge in [0.25, 0.3) is 0 Å². The van der Waals surface area contributed by atoms with Crippen molar-refractivity contribution in [3.63, 3.8) is 0 Å². The third-order valence-electron chi connectivity index (χ3n) is 1.33. The molecule has 60 valence electrons. The van der Waals surface area contributed by atoms with Crippen molar-refractivity contribution in [1.82, 2.24) is 4.98 Å². The molecule has 0 aliphatic carbocycles. The fourth-order valence-corrected chi connectivity index (χ4v) is 0.929. The Morgan fingerprint density at radius 3 is 2.91 bits per heavy atom. The summed E-state index contributed by atoms with van der Waals surface area (Å²) in [5.74, 6) is 0. The molecule has 0 amide bonds. The Kier molecular flexibility index (Phi) is 2.82. The van der Waals surface area contributed by atoms with Crippen LogP contribution >= 0.6 is 11.6 Å². The molecule has 0 saturated heterocycles. The molecule has 0 radical (unpaired) electrons. The third-order valence-corrected chi connectivity index (χ3v) is 1.54. The van der Waals surface area contributed by atoms with E-state index < -0.39 is 6.10 Å². The van der Waals surface area contributed by atoms with E-state index in [-0.39, 0.29) is 6.54 Å². The maximum absolute atomic E-state index is 9.23. The number of aliphatic hydroxyl groups excluding tert-OH is 1. The van der Waals surface area contributed by atoms with Crippen LogP contribution in [0.4, 0.5) is 0 Å². The van der Waals surface area contributed by atoms with Gasteiger partial charge in [0.1, 0.15) is 0 Å². The van der Waals surface area contributed by atoms with Crippen LogP contribution in [0.25, 0.3) is 0 Å². The molecule has 1 heterocycles. The normalized spacial score (nSPS) is 13.0. The highest BCUT2D eigenvalue weighted by Crippen LogP contribution is 2.14. The predicted octanol–water partition coefficient (Wildman–Crippen LogP) is 0.727. The summed E-state index contributed by atoms with van der Waals surface area (Å²) < 4.78 is 0. The number of rotatable bonds is 2. The number of hydrogen-bond donors (Lipinski definition) is 2. The molecule has 0 aromatic carbocycles. The Hall–Kier alpha value is -0.640. The third kappa shape index (κ3) is 2.15. The molecule has 4 heteroatoms. The van der Waals surface area contributed by atoms with Gasteiger partial charge in [0.2, 0.25) is 0 Å². The summed E-state index contributed by atoms with van der Waals surface area (Å²) in [6, 6.07) is 1.64. The van der Waals surface area contributed by atoms with Crippen molar-refractivity contribution in [3.8, 4) is 0 Å². The summed E-state index contributed by atoms with van der Waals surface area (Å²) in [4.78, 5) is 3.81. The Morgan fingerprint density at radius 1 is 1.64 bits per heavy atom. The maximum Gasteiger partial charge on any atom is 0.0927 e. The van der Waals surface area contributed by atoms with Crippen LogP contribution in [0, 0.1) is 0 Å². The summed E-state index contributed by atoms with van der Waals surface area (Å²) in [6.45, 7) is 0.183. The predicted molar refractivity (Wildman–Crippen MR) is 43.3 cm³/mol. The summed E-state index contributed by atoms with van der Waals surface area (Å²) in [5, 5.41) is 9.74. The molecule has 1 aromatic rings. The molecule has 0 aliphatic heterocycles. The molecule has 0 spiro atoms. The van der Waals surface area contributed by atoms with Crippen molar-refractivity contribution in [2.45, 2.75) is 6.10 Å². The van der Waals surface area contributed by atoms with Gasteiger partial charge in [-0.05, 0) is 6.07 Å². The topological polar surface area (TPSA) is 59.1 Å². The summed E-state index contributed by atoms with van der Waals surface area (Å²) in [7, 11) is 0. The lowest BCUT2D eigenvalue weighted by atomic mass is 10.2. The number of aliphatic hydroxyl groups is 1. The van der Waals surface area contributed by atoms with Crippen molar-refractivity contribution in [1.29, 1.82) is 0 Å². The van der Waals surface area contributed by atoms with Gasteiger partial charge in [0.05, 0.1) is 11.1 Å². The first kappa shape index (κ1) is 8.46. The van der Waals surface area contributed by atoms with Crippen LogP contribution in [0.1, 0.15) is 11.7 Å². The van der Waals surface area contributed by atoms with Crippen LogP contribution in [0.5, 0.6) is 0 Å². The van der Waals surface area contributed by atoms with Gasteiger partial charge in [-0.2, -0.15) is 0 Å². The second-order valence-electron chi connectivity index (χ2n) is 2.19. The monoisotopic (exact) mass is 172 g/mol.